The van der Waals surface area contributed by atoms with Crippen LogP contribution in [0.25, 0.3) is 0 Å². The average Bonchev–Trinajstić information content (AvgIpc) is 3.14. The van der Waals surface area contributed by atoms with Crippen molar-refractivity contribution in [2.45, 2.75) is 25.6 Å². The van der Waals surface area contributed by atoms with Crippen molar-refractivity contribution in [2.75, 3.05) is 13.1 Å². The topological polar surface area (TPSA) is 29.5 Å². The quantitative estimate of drug-likeness (QED) is 0.812. The van der Waals surface area contributed by atoms with E-state index in [1.165, 1.54) is 12.1 Å². The summed E-state index contributed by atoms with van der Waals surface area (Å²) in [6.45, 7) is 1.76. The Kier molecular flexibility index (Phi) is 4.97. The second-order valence-electron chi connectivity index (χ2n) is 6.01. The molecule has 0 aromatic heterocycles. The van der Waals surface area contributed by atoms with E-state index in [4.69, 9.17) is 4.74 Å². The Labute approximate surface area is 144 Å². The Morgan fingerprint density at radius 2 is 1.56 bits per heavy atom. The lowest BCUT2D eigenvalue weighted by atomic mass is 10.1. The number of amides is 1. The Morgan fingerprint density at radius 1 is 0.960 bits per heavy atom. The predicted molar refractivity (Wildman–Crippen MR) is 87.4 cm³/mol. The molecule has 0 saturated carbocycles. The SMILES string of the molecule is O=C(c1ccc(OCc2ccc(C(F)(F)F)cc2)cc1)N1CCCC1. The third kappa shape index (κ3) is 4.32. The number of hydrogen-bond donors (Lipinski definition) is 0. The number of benzene rings is 2. The third-order valence-corrected chi connectivity index (χ3v) is 4.18. The maximum Gasteiger partial charge on any atom is 0.416 e. The second-order valence-corrected chi connectivity index (χ2v) is 6.01. The molecule has 1 saturated heterocycles. The van der Waals surface area contributed by atoms with E-state index in [0.717, 1.165) is 38.1 Å². The first-order valence-corrected chi connectivity index (χ1v) is 8.12. The van der Waals surface area contributed by atoms with Crippen LogP contribution in [-0.4, -0.2) is 23.9 Å². The van der Waals surface area contributed by atoms with Gasteiger partial charge in [0, 0.05) is 18.7 Å². The van der Waals surface area contributed by atoms with Gasteiger partial charge in [0.25, 0.3) is 5.91 Å². The van der Waals surface area contributed by atoms with Gasteiger partial charge >= 0.3 is 6.18 Å². The molecular formula is C19H18F3NO2. The molecule has 0 N–H and O–H groups in total. The first-order chi connectivity index (χ1) is 11.9. The summed E-state index contributed by atoms with van der Waals surface area (Å²) in [6, 6.07) is 11.7. The normalized spacial score (nSPS) is 14.6. The smallest absolute Gasteiger partial charge is 0.416 e. The lowest BCUT2D eigenvalue weighted by Gasteiger charge is -2.15. The standard InChI is InChI=1S/C19H18F3NO2/c20-19(21,22)16-7-3-14(4-8-16)13-25-17-9-5-15(6-10-17)18(24)23-11-1-2-12-23/h3-10H,1-2,11-13H2. The monoisotopic (exact) mass is 349 g/mol. The molecule has 0 atom stereocenters. The maximum absolute atomic E-state index is 12.5. The Morgan fingerprint density at radius 3 is 2.12 bits per heavy atom. The van der Waals surface area contributed by atoms with Gasteiger partial charge in [0.2, 0.25) is 0 Å². The van der Waals surface area contributed by atoms with E-state index in [0.29, 0.717) is 16.9 Å². The maximum atomic E-state index is 12.5. The summed E-state index contributed by atoms with van der Waals surface area (Å²) >= 11 is 0. The van der Waals surface area contributed by atoms with Crippen molar-refractivity contribution in [1.29, 1.82) is 0 Å². The van der Waals surface area contributed by atoms with Crippen molar-refractivity contribution in [3.8, 4) is 5.75 Å². The molecule has 132 valence electrons. The number of nitrogens with zero attached hydrogens (tertiary/aromatic N) is 1. The van der Waals surface area contributed by atoms with Crippen LogP contribution < -0.4 is 4.74 Å². The highest BCUT2D eigenvalue weighted by Crippen LogP contribution is 2.29. The van der Waals surface area contributed by atoms with Crippen molar-refractivity contribution in [3.63, 3.8) is 0 Å². The van der Waals surface area contributed by atoms with E-state index in [1.54, 1.807) is 24.3 Å². The molecule has 1 aliphatic heterocycles. The van der Waals surface area contributed by atoms with E-state index >= 15 is 0 Å². The van der Waals surface area contributed by atoms with Crippen LogP contribution in [0.3, 0.4) is 0 Å². The fraction of sp³-hybridized carbons (Fsp3) is 0.316. The van der Waals surface area contributed by atoms with Crippen molar-refractivity contribution in [1.82, 2.24) is 4.90 Å². The summed E-state index contributed by atoms with van der Waals surface area (Å²) in [5, 5.41) is 0. The molecular weight excluding hydrogens is 331 g/mol. The number of rotatable bonds is 4. The fourth-order valence-corrected chi connectivity index (χ4v) is 2.75. The average molecular weight is 349 g/mol. The van der Waals surface area contributed by atoms with Crippen LogP contribution in [0.5, 0.6) is 5.75 Å². The van der Waals surface area contributed by atoms with Gasteiger partial charge in [-0.3, -0.25) is 4.79 Å². The number of likely N-dealkylation sites (tertiary alicyclic amines) is 1. The molecule has 3 rings (SSSR count). The van der Waals surface area contributed by atoms with E-state index in [9.17, 15) is 18.0 Å². The summed E-state index contributed by atoms with van der Waals surface area (Å²) in [5.41, 5.74) is 0.579. The van der Waals surface area contributed by atoms with Gasteiger partial charge in [-0.2, -0.15) is 13.2 Å². The Bertz CT molecular complexity index is 718. The van der Waals surface area contributed by atoms with Crippen LogP contribution in [0, 0.1) is 0 Å². The lowest BCUT2D eigenvalue weighted by molar-refractivity contribution is -0.137. The fourth-order valence-electron chi connectivity index (χ4n) is 2.75. The molecule has 1 heterocycles. The number of ether oxygens (including phenoxy) is 1. The van der Waals surface area contributed by atoms with Gasteiger partial charge in [-0.1, -0.05) is 12.1 Å². The zero-order chi connectivity index (χ0) is 17.9. The molecule has 0 spiro atoms. The highest BCUT2D eigenvalue weighted by Gasteiger charge is 2.29. The molecule has 2 aromatic rings. The highest BCUT2D eigenvalue weighted by molar-refractivity contribution is 5.94. The Hall–Kier alpha value is -2.50. The van der Waals surface area contributed by atoms with Crippen molar-refractivity contribution in [2.24, 2.45) is 0 Å². The van der Waals surface area contributed by atoms with Gasteiger partial charge in [-0.15, -0.1) is 0 Å². The lowest BCUT2D eigenvalue weighted by Crippen LogP contribution is -2.27. The van der Waals surface area contributed by atoms with E-state index in [1.807, 2.05) is 4.90 Å². The largest absolute Gasteiger partial charge is 0.489 e. The summed E-state index contributed by atoms with van der Waals surface area (Å²) in [5.74, 6) is 0.588. The first kappa shape index (κ1) is 17.3. The number of alkyl halides is 3. The molecule has 3 nitrogen and oxygen atoms in total. The molecule has 0 bridgehead atoms. The number of halogens is 3. The van der Waals surface area contributed by atoms with Crippen molar-refractivity contribution >= 4 is 5.91 Å². The van der Waals surface area contributed by atoms with E-state index in [2.05, 4.69) is 0 Å². The second kappa shape index (κ2) is 7.17. The summed E-state index contributed by atoms with van der Waals surface area (Å²) in [4.78, 5) is 14.1. The molecule has 0 aliphatic carbocycles. The summed E-state index contributed by atoms with van der Waals surface area (Å²) < 4.78 is 43.1. The summed E-state index contributed by atoms with van der Waals surface area (Å²) in [6.07, 6.45) is -2.25. The van der Waals surface area contributed by atoms with E-state index in [-0.39, 0.29) is 12.5 Å². The van der Waals surface area contributed by atoms with Crippen LogP contribution in [0.2, 0.25) is 0 Å². The zero-order valence-electron chi connectivity index (χ0n) is 13.6. The number of carbonyl (C=O) groups is 1. The summed E-state index contributed by atoms with van der Waals surface area (Å²) in [7, 11) is 0. The Balaban J connectivity index is 1.57. The van der Waals surface area contributed by atoms with Crippen LogP contribution in [0.1, 0.15) is 34.3 Å². The first-order valence-electron chi connectivity index (χ1n) is 8.12. The third-order valence-electron chi connectivity index (χ3n) is 4.18. The van der Waals surface area contributed by atoms with Gasteiger partial charge in [0.15, 0.2) is 0 Å². The molecule has 0 unspecified atom stereocenters. The molecule has 2 aromatic carbocycles. The van der Waals surface area contributed by atoms with Crippen LogP contribution in [0.15, 0.2) is 48.5 Å². The minimum Gasteiger partial charge on any atom is -0.489 e. The highest BCUT2D eigenvalue weighted by atomic mass is 19.4. The van der Waals surface area contributed by atoms with Crippen LogP contribution in [0.4, 0.5) is 13.2 Å². The predicted octanol–water partition coefficient (Wildman–Crippen LogP) is 4.52. The molecule has 1 aliphatic rings. The van der Waals surface area contributed by atoms with E-state index < -0.39 is 11.7 Å². The van der Waals surface area contributed by atoms with Gasteiger partial charge in [-0.05, 0) is 54.8 Å². The van der Waals surface area contributed by atoms with Crippen LogP contribution >= 0.6 is 0 Å². The van der Waals surface area contributed by atoms with Gasteiger partial charge in [0.1, 0.15) is 12.4 Å². The molecule has 1 fully saturated rings. The van der Waals surface area contributed by atoms with Gasteiger partial charge in [-0.25, -0.2) is 0 Å². The van der Waals surface area contributed by atoms with Crippen molar-refractivity contribution < 1.29 is 22.7 Å². The zero-order valence-corrected chi connectivity index (χ0v) is 13.6. The molecule has 1 amide bonds. The molecule has 25 heavy (non-hydrogen) atoms. The number of hydrogen-bond acceptors (Lipinski definition) is 2. The molecule has 0 radical (unpaired) electrons. The van der Waals surface area contributed by atoms with Crippen LogP contribution in [-0.2, 0) is 12.8 Å². The van der Waals surface area contributed by atoms with Gasteiger partial charge in [0.05, 0.1) is 5.56 Å². The minimum atomic E-state index is -4.34. The number of carbonyl (C=O) groups excluding carboxylic acids is 1. The van der Waals surface area contributed by atoms with Gasteiger partial charge < -0.3 is 9.64 Å². The minimum absolute atomic E-state index is 0.0202. The van der Waals surface area contributed by atoms with Crippen molar-refractivity contribution in [3.05, 3.63) is 65.2 Å². The molecule has 6 heteroatoms.